The van der Waals surface area contributed by atoms with E-state index in [0.29, 0.717) is 10.6 Å². The van der Waals surface area contributed by atoms with Crippen LogP contribution in [-0.2, 0) is 0 Å². The summed E-state index contributed by atoms with van der Waals surface area (Å²) in [5.74, 6) is 0.106. The summed E-state index contributed by atoms with van der Waals surface area (Å²) in [6, 6.07) is 4.64. The number of benzene rings is 1. The smallest absolute Gasteiger partial charge is 0.273 e. The number of halogens is 1. The second-order valence-corrected chi connectivity index (χ2v) is 3.90. The lowest BCUT2D eigenvalue weighted by Crippen LogP contribution is -2.03. The minimum Gasteiger partial charge on any atom is -0.327 e. The zero-order valence-electron chi connectivity index (χ0n) is 7.31. The fraction of sp³-hybridized carbons (Fsp3) is 0.333. The first-order valence-electron chi connectivity index (χ1n) is 4.29. The van der Waals surface area contributed by atoms with Crippen LogP contribution in [0.3, 0.4) is 0 Å². The SMILES string of the molecule is N[C@@H]1C[C@H]1c1cc(Cl)ccc1[N+](=O)[O-]. The average Bonchev–Trinajstić information content (AvgIpc) is 2.82. The summed E-state index contributed by atoms with van der Waals surface area (Å²) in [5.41, 5.74) is 6.43. The highest BCUT2D eigenvalue weighted by Crippen LogP contribution is 2.43. The maximum Gasteiger partial charge on any atom is 0.273 e. The van der Waals surface area contributed by atoms with E-state index in [9.17, 15) is 10.1 Å². The number of rotatable bonds is 2. The van der Waals surface area contributed by atoms with Crippen LogP contribution in [0.25, 0.3) is 0 Å². The van der Waals surface area contributed by atoms with E-state index < -0.39 is 4.92 Å². The van der Waals surface area contributed by atoms with Crippen molar-refractivity contribution in [1.29, 1.82) is 0 Å². The van der Waals surface area contributed by atoms with E-state index in [2.05, 4.69) is 0 Å². The molecule has 0 spiro atoms. The first kappa shape index (κ1) is 9.43. The van der Waals surface area contributed by atoms with Crippen molar-refractivity contribution in [2.75, 3.05) is 0 Å². The van der Waals surface area contributed by atoms with Gasteiger partial charge in [-0.2, -0.15) is 0 Å². The lowest BCUT2D eigenvalue weighted by molar-refractivity contribution is -0.385. The van der Waals surface area contributed by atoms with Crippen molar-refractivity contribution in [2.45, 2.75) is 18.4 Å². The van der Waals surface area contributed by atoms with Crippen LogP contribution in [0.1, 0.15) is 17.9 Å². The van der Waals surface area contributed by atoms with Gasteiger partial charge in [-0.15, -0.1) is 0 Å². The van der Waals surface area contributed by atoms with Gasteiger partial charge in [-0.05, 0) is 18.6 Å². The van der Waals surface area contributed by atoms with Crippen LogP contribution in [0.2, 0.25) is 5.02 Å². The van der Waals surface area contributed by atoms with Gasteiger partial charge in [0, 0.05) is 28.6 Å². The first-order valence-corrected chi connectivity index (χ1v) is 4.67. The molecule has 0 radical (unpaired) electrons. The Hall–Kier alpha value is -1.13. The quantitative estimate of drug-likeness (QED) is 0.603. The summed E-state index contributed by atoms with van der Waals surface area (Å²) < 4.78 is 0. The maximum absolute atomic E-state index is 10.7. The van der Waals surface area contributed by atoms with Crippen LogP contribution >= 0.6 is 11.6 Å². The van der Waals surface area contributed by atoms with Crippen molar-refractivity contribution in [3.05, 3.63) is 38.9 Å². The molecule has 2 N–H and O–H groups in total. The van der Waals surface area contributed by atoms with Gasteiger partial charge in [-0.3, -0.25) is 10.1 Å². The number of hydrogen-bond acceptors (Lipinski definition) is 3. The largest absolute Gasteiger partial charge is 0.327 e. The molecule has 2 atom stereocenters. The monoisotopic (exact) mass is 212 g/mol. The van der Waals surface area contributed by atoms with Gasteiger partial charge in [-0.1, -0.05) is 11.6 Å². The van der Waals surface area contributed by atoms with Crippen LogP contribution in [0.4, 0.5) is 5.69 Å². The summed E-state index contributed by atoms with van der Waals surface area (Å²) >= 11 is 5.78. The van der Waals surface area contributed by atoms with Gasteiger partial charge in [0.1, 0.15) is 0 Å². The van der Waals surface area contributed by atoms with Crippen LogP contribution in [0, 0.1) is 10.1 Å². The fourth-order valence-corrected chi connectivity index (χ4v) is 1.74. The topological polar surface area (TPSA) is 69.2 Å². The number of nitro groups is 1. The molecule has 1 aliphatic carbocycles. The van der Waals surface area contributed by atoms with E-state index in [-0.39, 0.29) is 17.6 Å². The van der Waals surface area contributed by atoms with Crippen LogP contribution in [0.15, 0.2) is 18.2 Å². The minimum absolute atomic E-state index is 0.0483. The zero-order valence-corrected chi connectivity index (χ0v) is 8.07. The zero-order chi connectivity index (χ0) is 10.3. The van der Waals surface area contributed by atoms with Crippen molar-refractivity contribution in [3.8, 4) is 0 Å². The van der Waals surface area contributed by atoms with E-state index in [1.165, 1.54) is 12.1 Å². The van der Waals surface area contributed by atoms with Gasteiger partial charge in [-0.25, -0.2) is 0 Å². The molecular weight excluding hydrogens is 204 g/mol. The van der Waals surface area contributed by atoms with Crippen LogP contribution in [0.5, 0.6) is 0 Å². The molecule has 0 aliphatic heterocycles. The van der Waals surface area contributed by atoms with Gasteiger partial charge < -0.3 is 5.73 Å². The van der Waals surface area contributed by atoms with Gasteiger partial charge in [0.25, 0.3) is 5.69 Å². The highest BCUT2D eigenvalue weighted by atomic mass is 35.5. The second-order valence-electron chi connectivity index (χ2n) is 3.47. The number of nitro benzene ring substituents is 1. The van der Waals surface area contributed by atoms with E-state index in [1.54, 1.807) is 6.07 Å². The normalized spacial score (nSPS) is 24.7. The molecule has 2 rings (SSSR count). The maximum atomic E-state index is 10.7. The summed E-state index contributed by atoms with van der Waals surface area (Å²) in [5, 5.41) is 11.2. The molecule has 0 amide bonds. The van der Waals surface area contributed by atoms with Crippen LogP contribution in [-0.4, -0.2) is 11.0 Å². The third-order valence-corrected chi connectivity index (χ3v) is 2.66. The van der Waals surface area contributed by atoms with Crippen molar-refractivity contribution in [1.82, 2.24) is 0 Å². The molecule has 1 saturated carbocycles. The summed E-state index contributed by atoms with van der Waals surface area (Å²) in [7, 11) is 0. The number of hydrogen-bond donors (Lipinski definition) is 1. The molecule has 0 saturated heterocycles. The summed E-state index contributed by atoms with van der Waals surface area (Å²) in [6.45, 7) is 0. The highest BCUT2D eigenvalue weighted by molar-refractivity contribution is 6.30. The molecule has 0 bridgehead atoms. The Morgan fingerprint density at radius 1 is 1.57 bits per heavy atom. The van der Waals surface area contributed by atoms with E-state index in [4.69, 9.17) is 17.3 Å². The van der Waals surface area contributed by atoms with Crippen molar-refractivity contribution in [2.24, 2.45) is 5.73 Å². The van der Waals surface area contributed by atoms with Crippen LogP contribution < -0.4 is 5.73 Å². The molecule has 1 aromatic carbocycles. The predicted molar refractivity (Wildman–Crippen MR) is 53.4 cm³/mol. The Kier molecular flexibility index (Phi) is 2.17. The lowest BCUT2D eigenvalue weighted by Gasteiger charge is -2.01. The van der Waals surface area contributed by atoms with Crippen molar-refractivity contribution < 1.29 is 4.92 Å². The number of nitrogens with two attached hydrogens (primary N) is 1. The Balaban J connectivity index is 2.44. The van der Waals surface area contributed by atoms with Gasteiger partial charge >= 0.3 is 0 Å². The van der Waals surface area contributed by atoms with Gasteiger partial charge in [0.05, 0.1) is 4.92 Å². The van der Waals surface area contributed by atoms with E-state index >= 15 is 0 Å². The average molecular weight is 213 g/mol. The predicted octanol–water partition coefficient (Wildman–Crippen LogP) is 2.06. The first-order chi connectivity index (χ1) is 6.59. The van der Waals surface area contributed by atoms with Crippen molar-refractivity contribution >= 4 is 17.3 Å². The lowest BCUT2D eigenvalue weighted by atomic mass is 10.1. The van der Waals surface area contributed by atoms with E-state index in [1.807, 2.05) is 0 Å². The minimum atomic E-state index is -0.392. The molecule has 14 heavy (non-hydrogen) atoms. The molecule has 4 nitrogen and oxygen atoms in total. The Morgan fingerprint density at radius 3 is 2.71 bits per heavy atom. The molecule has 1 aliphatic rings. The molecular formula is C9H9ClN2O2. The number of nitrogens with zero attached hydrogens (tertiary/aromatic N) is 1. The molecule has 5 heteroatoms. The third kappa shape index (κ3) is 1.58. The molecule has 1 fully saturated rings. The van der Waals surface area contributed by atoms with Gasteiger partial charge in [0.15, 0.2) is 0 Å². The summed E-state index contributed by atoms with van der Waals surface area (Å²) in [4.78, 5) is 10.3. The second kappa shape index (κ2) is 3.22. The van der Waals surface area contributed by atoms with E-state index in [0.717, 1.165) is 6.42 Å². The standard InChI is InChI=1S/C9H9ClN2O2/c10-5-1-2-9(12(13)14)7(3-5)6-4-8(6)11/h1-3,6,8H,4,11H2/t6-,8+/m0/s1. The molecule has 0 aromatic heterocycles. The third-order valence-electron chi connectivity index (χ3n) is 2.43. The highest BCUT2D eigenvalue weighted by Gasteiger charge is 2.39. The molecule has 0 heterocycles. The van der Waals surface area contributed by atoms with Crippen molar-refractivity contribution in [3.63, 3.8) is 0 Å². The Bertz CT molecular complexity index is 394. The fourth-order valence-electron chi connectivity index (χ4n) is 1.56. The summed E-state index contributed by atoms with van der Waals surface area (Å²) in [6.07, 6.45) is 0.807. The Morgan fingerprint density at radius 2 is 2.21 bits per heavy atom. The van der Waals surface area contributed by atoms with Gasteiger partial charge in [0.2, 0.25) is 0 Å². The Labute approximate surface area is 85.8 Å². The molecule has 74 valence electrons. The molecule has 1 aromatic rings. The molecule has 0 unspecified atom stereocenters.